The quantitative estimate of drug-likeness (QED) is 0.754. The Labute approximate surface area is 129 Å². The van der Waals surface area contributed by atoms with Crippen molar-refractivity contribution in [2.24, 2.45) is 5.41 Å². The molecule has 2 amide bonds. The lowest BCUT2D eigenvalue weighted by atomic mass is 9.90. The number of carbonyl (C=O) groups excluding carboxylic acids is 1. The third-order valence-electron chi connectivity index (χ3n) is 3.59. The van der Waals surface area contributed by atoms with E-state index in [0.29, 0.717) is 18.8 Å². The number of hydrogen-bond donors (Lipinski definition) is 3. The number of pyridine rings is 1. The van der Waals surface area contributed by atoms with Crippen molar-refractivity contribution < 1.29 is 9.90 Å². The van der Waals surface area contributed by atoms with Crippen molar-refractivity contribution in [1.29, 1.82) is 0 Å². The summed E-state index contributed by atoms with van der Waals surface area (Å²) in [7, 11) is 0. The molecule has 0 bridgehead atoms. The lowest BCUT2D eigenvalue weighted by molar-refractivity contribution is 0.200. The van der Waals surface area contributed by atoms with Gasteiger partial charge in [0.1, 0.15) is 0 Å². The van der Waals surface area contributed by atoms with E-state index in [1.165, 1.54) is 0 Å². The highest BCUT2D eigenvalue weighted by molar-refractivity contribution is 5.74. The first kappa shape index (κ1) is 16.2. The van der Waals surface area contributed by atoms with Gasteiger partial charge in [-0.2, -0.15) is 0 Å². The lowest BCUT2D eigenvalue weighted by Gasteiger charge is -2.24. The first-order valence-corrected chi connectivity index (χ1v) is 7.38. The van der Waals surface area contributed by atoms with Gasteiger partial charge in [0.05, 0.1) is 6.04 Å². The Morgan fingerprint density at radius 3 is 2.91 bits per heavy atom. The number of nitrogens with one attached hydrogen (secondary N) is 2. The van der Waals surface area contributed by atoms with Crippen LogP contribution < -0.4 is 10.6 Å². The van der Waals surface area contributed by atoms with Crippen LogP contribution in [0.5, 0.6) is 0 Å². The smallest absolute Gasteiger partial charge is 0.315 e. The molecule has 2 rings (SSSR count). The van der Waals surface area contributed by atoms with Crippen LogP contribution in [0.4, 0.5) is 4.79 Å². The zero-order valence-corrected chi connectivity index (χ0v) is 13.2. The van der Waals surface area contributed by atoms with Crippen molar-refractivity contribution in [2.75, 3.05) is 13.2 Å². The fourth-order valence-electron chi connectivity index (χ4n) is 2.18. The predicted octanol–water partition coefficient (Wildman–Crippen LogP) is 1.50. The molecule has 2 aromatic rings. The number of carbonyl (C=O) groups is 1. The van der Waals surface area contributed by atoms with Gasteiger partial charge < -0.3 is 15.7 Å². The third-order valence-corrected chi connectivity index (χ3v) is 3.59. The Bertz CT molecular complexity index is 638. The molecule has 120 valence electrons. The summed E-state index contributed by atoms with van der Waals surface area (Å²) in [5.41, 5.74) is 0.604. The number of nitrogens with zero attached hydrogens (tertiary/aromatic N) is 3. The molecule has 3 N–H and O–H groups in total. The van der Waals surface area contributed by atoms with Crippen LogP contribution >= 0.6 is 0 Å². The third kappa shape index (κ3) is 3.94. The van der Waals surface area contributed by atoms with Crippen molar-refractivity contribution in [1.82, 2.24) is 25.2 Å². The van der Waals surface area contributed by atoms with Gasteiger partial charge in [-0.1, -0.05) is 19.9 Å². The highest BCUT2D eigenvalue weighted by Gasteiger charge is 2.20. The topological polar surface area (TPSA) is 91.5 Å². The number of fused-ring (bicyclic) bond motifs is 1. The summed E-state index contributed by atoms with van der Waals surface area (Å²) in [5.74, 6) is 0.681. The second-order valence-electron chi connectivity index (χ2n) is 6.17. The van der Waals surface area contributed by atoms with Crippen LogP contribution in [0.25, 0.3) is 5.65 Å². The minimum atomic E-state index is -0.265. The Kier molecular flexibility index (Phi) is 4.97. The van der Waals surface area contributed by atoms with Crippen LogP contribution in [0.2, 0.25) is 0 Å². The highest BCUT2D eigenvalue weighted by atomic mass is 16.3. The standard InChI is InChI=1S/C15H23N5O2/c1-11(13-19-18-12-6-4-5-8-20(12)13)17-14(22)16-10-15(2,3)7-9-21/h4-6,8,11,21H,7,9-10H2,1-3H3,(H2,16,17,22). The van der Waals surface area contributed by atoms with Gasteiger partial charge >= 0.3 is 6.03 Å². The molecule has 7 heteroatoms. The fourth-order valence-corrected chi connectivity index (χ4v) is 2.18. The van der Waals surface area contributed by atoms with E-state index in [4.69, 9.17) is 5.11 Å². The molecule has 0 radical (unpaired) electrons. The summed E-state index contributed by atoms with van der Waals surface area (Å²) in [5, 5.41) is 22.9. The molecule has 0 aliphatic rings. The van der Waals surface area contributed by atoms with Crippen LogP contribution in [0.1, 0.15) is 39.1 Å². The second-order valence-corrected chi connectivity index (χ2v) is 6.17. The van der Waals surface area contributed by atoms with E-state index in [9.17, 15) is 4.79 Å². The lowest BCUT2D eigenvalue weighted by Crippen LogP contribution is -2.42. The maximum Gasteiger partial charge on any atom is 0.315 e. The second kappa shape index (κ2) is 6.74. The largest absolute Gasteiger partial charge is 0.396 e. The molecule has 2 aromatic heterocycles. The predicted molar refractivity (Wildman–Crippen MR) is 83.4 cm³/mol. The van der Waals surface area contributed by atoms with Crippen LogP contribution in [0, 0.1) is 5.41 Å². The number of hydrogen-bond acceptors (Lipinski definition) is 4. The van der Waals surface area contributed by atoms with Gasteiger partial charge in [0.15, 0.2) is 11.5 Å². The molecule has 22 heavy (non-hydrogen) atoms. The number of aliphatic hydroxyl groups is 1. The number of aliphatic hydroxyl groups excluding tert-OH is 1. The van der Waals surface area contributed by atoms with Gasteiger partial charge in [0.25, 0.3) is 0 Å². The van der Waals surface area contributed by atoms with Gasteiger partial charge in [-0.3, -0.25) is 4.40 Å². The maximum absolute atomic E-state index is 12.0. The molecule has 0 saturated carbocycles. The fraction of sp³-hybridized carbons (Fsp3) is 0.533. The molecular formula is C15H23N5O2. The molecule has 2 heterocycles. The Morgan fingerprint density at radius 1 is 1.41 bits per heavy atom. The molecule has 0 aromatic carbocycles. The van der Waals surface area contributed by atoms with Crippen molar-refractivity contribution in [3.63, 3.8) is 0 Å². The molecule has 0 aliphatic carbocycles. The average molecular weight is 305 g/mol. The molecule has 0 spiro atoms. The van der Waals surface area contributed by atoms with E-state index in [1.54, 1.807) is 0 Å². The molecule has 7 nitrogen and oxygen atoms in total. The summed E-state index contributed by atoms with van der Waals surface area (Å²) in [6.45, 7) is 6.46. The normalized spacial score (nSPS) is 13.1. The zero-order valence-electron chi connectivity index (χ0n) is 13.2. The van der Waals surface area contributed by atoms with Gasteiger partial charge in [0.2, 0.25) is 0 Å². The minimum absolute atomic E-state index is 0.110. The summed E-state index contributed by atoms with van der Waals surface area (Å²) in [6.07, 6.45) is 2.50. The van der Waals surface area contributed by atoms with E-state index in [0.717, 1.165) is 5.65 Å². The number of amides is 2. The van der Waals surface area contributed by atoms with Crippen molar-refractivity contribution in [3.05, 3.63) is 30.2 Å². The number of aromatic nitrogens is 3. The van der Waals surface area contributed by atoms with E-state index in [-0.39, 0.29) is 24.1 Å². The monoisotopic (exact) mass is 305 g/mol. The summed E-state index contributed by atoms with van der Waals surface area (Å²) in [6, 6.07) is 5.12. The van der Waals surface area contributed by atoms with Gasteiger partial charge in [-0.25, -0.2) is 4.79 Å². The molecule has 0 saturated heterocycles. The van der Waals surface area contributed by atoms with E-state index < -0.39 is 0 Å². The van der Waals surface area contributed by atoms with E-state index in [2.05, 4.69) is 20.8 Å². The number of rotatable bonds is 6. The van der Waals surface area contributed by atoms with Crippen molar-refractivity contribution >= 4 is 11.7 Å². The van der Waals surface area contributed by atoms with Crippen LogP contribution in [-0.4, -0.2) is 38.9 Å². The molecule has 1 unspecified atom stereocenters. The Morgan fingerprint density at radius 2 is 2.18 bits per heavy atom. The van der Waals surface area contributed by atoms with E-state index in [1.807, 2.05) is 49.6 Å². The summed E-state index contributed by atoms with van der Waals surface area (Å²) < 4.78 is 1.85. The minimum Gasteiger partial charge on any atom is -0.396 e. The zero-order chi connectivity index (χ0) is 16.2. The molecule has 0 aliphatic heterocycles. The molecule has 1 atom stereocenters. The van der Waals surface area contributed by atoms with Crippen LogP contribution in [0.15, 0.2) is 24.4 Å². The Hall–Kier alpha value is -2.15. The molecule has 0 fully saturated rings. The van der Waals surface area contributed by atoms with Crippen molar-refractivity contribution in [3.8, 4) is 0 Å². The van der Waals surface area contributed by atoms with Gasteiger partial charge in [-0.15, -0.1) is 10.2 Å². The van der Waals surface area contributed by atoms with Crippen LogP contribution in [-0.2, 0) is 0 Å². The van der Waals surface area contributed by atoms with Crippen molar-refractivity contribution in [2.45, 2.75) is 33.2 Å². The van der Waals surface area contributed by atoms with Gasteiger partial charge in [-0.05, 0) is 30.9 Å². The molecular weight excluding hydrogens is 282 g/mol. The summed E-state index contributed by atoms with van der Waals surface area (Å²) in [4.78, 5) is 12.0. The number of urea groups is 1. The first-order valence-electron chi connectivity index (χ1n) is 7.38. The maximum atomic E-state index is 12.0. The highest BCUT2D eigenvalue weighted by Crippen LogP contribution is 2.18. The SMILES string of the molecule is CC(NC(=O)NCC(C)(C)CCO)c1nnc2ccccn12. The van der Waals surface area contributed by atoms with E-state index >= 15 is 0 Å². The van der Waals surface area contributed by atoms with Crippen LogP contribution in [0.3, 0.4) is 0 Å². The first-order chi connectivity index (χ1) is 10.4. The Balaban J connectivity index is 1.94. The average Bonchev–Trinajstić information content (AvgIpc) is 2.89. The van der Waals surface area contributed by atoms with Gasteiger partial charge in [0, 0.05) is 19.3 Å². The summed E-state index contributed by atoms with van der Waals surface area (Å²) >= 11 is 0.